The third-order valence-corrected chi connectivity index (χ3v) is 3.25. The van der Waals surface area contributed by atoms with Gasteiger partial charge in [-0.25, -0.2) is 0 Å². The maximum atomic E-state index is 11.6. The van der Waals surface area contributed by atoms with Crippen LogP contribution in [0, 0.1) is 11.3 Å². The van der Waals surface area contributed by atoms with E-state index in [2.05, 4.69) is 6.58 Å². The summed E-state index contributed by atoms with van der Waals surface area (Å²) in [5.74, 6) is 0.132. The molecule has 1 aliphatic heterocycles. The van der Waals surface area contributed by atoms with E-state index in [1.807, 2.05) is 6.92 Å². The molecule has 13 heavy (non-hydrogen) atoms. The van der Waals surface area contributed by atoms with Crippen LogP contribution in [0.3, 0.4) is 0 Å². The van der Waals surface area contributed by atoms with Crippen LogP contribution in [-0.2, 0) is 14.3 Å². The van der Waals surface area contributed by atoms with Crippen molar-refractivity contribution in [3.05, 3.63) is 12.2 Å². The van der Waals surface area contributed by atoms with Crippen molar-refractivity contribution in [1.29, 1.82) is 0 Å². The third-order valence-electron chi connectivity index (χ3n) is 3.25. The minimum absolute atomic E-state index is 0.0393. The standard InChI is InChI=1S/C10H14O3/c1-6(2)10(9(11)12-3)7-4-5-13-8(7)10/h7-8H,1,4-5H2,2-3H3. The SMILES string of the molecule is C=C(C)C1(C(=O)OC)C2CCOC21. The smallest absolute Gasteiger partial charge is 0.318 e. The van der Waals surface area contributed by atoms with Gasteiger partial charge in [0.25, 0.3) is 0 Å². The zero-order valence-electron chi connectivity index (χ0n) is 8.00. The van der Waals surface area contributed by atoms with Gasteiger partial charge in [-0.05, 0) is 13.3 Å². The maximum Gasteiger partial charge on any atom is 0.318 e. The van der Waals surface area contributed by atoms with Gasteiger partial charge in [0.15, 0.2) is 0 Å². The minimum atomic E-state index is -0.507. The van der Waals surface area contributed by atoms with Gasteiger partial charge in [0.2, 0.25) is 0 Å². The first-order valence-electron chi connectivity index (χ1n) is 4.51. The molecule has 2 rings (SSSR count). The highest BCUT2D eigenvalue weighted by Gasteiger charge is 2.73. The molecule has 1 saturated heterocycles. The van der Waals surface area contributed by atoms with E-state index in [0.29, 0.717) is 5.92 Å². The number of fused-ring (bicyclic) bond motifs is 1. The van der Waals surface area contributed by atoms with Crippen LogP contribution >= 0.6 is 0 Å². The molecule has 3 unspecified atom stereocenters. The van der Waals surface area contributed by atoms with E-state index in [0.717, 1.165) is 18.6 Å². The van der Waals surface area contributed by atoms with Crippen molar-refractivity contribution >= 4 is 5.97 Å². The molecule has 0 aromatic carbocycles. The molecule has 0 aromatic heterocycles. The predicted octanol–water partition coefficient (Wildman–Crippen LogP) is 1.14. The third kappa shape index (κ3) is 0.854. The van der Waals surface area contributed by atoms with Gasteiger partial charge in [0, 0.05) is 12.5 Å². The topological polar surface area (TPSA) is 35.5 Å². The van der Waals surface area contributed by atoms with Gasteiger partial charge in [0.1, 0.15) is 5.41 Å². The Bertz CT molecular complexity index is 259. The first-order valence-corrected chi connectivity index (χ1v) is 4.51. The quantitative estimate of drug-likeness (QED) is 0.474. The molecule has 0 spiro atoms. The van der Waals surface area contributed by atoms with E-state index in [1.165, 1.54) is 7.11 Å². The summed E-state index contributed by atoms with van der Waals surface area (Å²) in [4.78, 5) is 11.6. The molecule has 3 heteroatoms. The number of esters is 1. The summed E-state index contributed by atoms with van der Waals surface area (Å²) in [6.45, 7) is 6.50. The lowest BCUT2D eigenvalue weighted by atomic mass is 9.93. The molecule has 2 fully saturated rings. The Balaban J connectivity index is 2.26. The Morgan fingerprint density at radius 2 is 2.38 bits per heavy atom. The highest BCUT2D eigenvalue weighted by Crippen LogP contribution is 2.64. The molecule has 0 amide bonds. The van der Waals surface area contributed by atoms with E-state index in [-0.39, 0.29) is 12.1 Å². The van der Waals surface area contributed by atoms with Crippen LogP contribution in [0.1, 0.15) is 13.3 Å². The molecule has 0 bridgehead atoms. The number of rotatable bonds is 2. The Labute approximate surface area is 77.7 Å². The predicted molar refractivity (Wildman–Crippen MR) is 47.1 cm³/mol. The second kappa shape index (κ2) is 2.58. The number of methoxy groups -OCH3 is 1. The highest BCUT2D eigenvalue weighted by atomic mass is 16.5. The molecule has 1 aliphatic carbocycles. The Morgan fingerprint density at radius 1 is 1.69 bits per heavy atom. The van der Waals surface area contributed by atoms with E-state index >= 15 is 0 Å². The first-order chi connectivity index (χ1) is 6.15. The van der Waals surface area contributed by atoms with Crippen molar-refractivity contribution < 1.29 is 14.3 Å². The maximum absolute atomic E-state index is 11.6. The summed E-state index contributed by atoms with van der Waals surface area (Å²) < 4.78 is 10.3. The summed E-state index contributed by atoms with van der Waals surface area (Å²) in [6.07, 6.45) is 0.990. The number of carbonyl (C=O) groups is 1. The van der Waals surface area contributed by atoms with Gasteiger partial charge in [0.05, 0.1) is 13.2 Å². The lowest BCUT2D eigenvalue weighted by Crippen LogP contribution is -2.26. The van der Waals surface area contributed by atoms with Crippen LogP contribution in [-0.4, -0.2) is 25.8 Å². The zero-order valence-corrected chi connectivity index (χ0v) is 8.00. The van der Waals surface area contributed by atoms with Crippen LogP contribution < -0.4 is 0 Å². The van der Waals surface area contributed by atoms with E-state index in [4.69, 9.17) is 9.47 Å². The van der Waals surface area contributed by atoms with Crippen molar-refractivity contribution in [2.75, 3.05) is 13.7 Å². The lowest BCUT2D eigenvalue weighted by Gasteiger charge is -2.17. The van der Waals surface area contributed by atoms with Gasteiger partial charge in [-0.2, -0.15) is 0 Å². The van der Waals surface area contributed by atoms with Crippen LogP contribution in [0.25, 0.3) is 0 Å². The van der Waals surface area contributed by atoms with Crippen LogP contribution in [0.2, 0.25) is 0 Å². The minimum Gasteiger partial charge on any atom is -0.468 e. The first kappa shape index (κ1) is 8.75. The van der Waals surface area contributed by atoms with E-state index < -0.39 is 5.41 Å². The van der Waals surface area contributed by atoms with E-state index in [9.17, 15) is 4.79 Å². The number of carbonyl (C=O) groups excluding carboxylic acids is 1. The summed E-state index contributed by atoms with van der Waals surface area (Å²) in [5.41, 5.74) is 0.363. The van der Waals surface area contributed by atoms with Gasteiger partial charge in [-0.1, -0.05) is 12.2 Å². The van der Waals surface area contributed by atoms with Gasteiger partial charge in [-0.3, -0.25) is 4.79 Å². The van der Waals surface area contributed by atoms with Crippen molar-refractivity contribution in [2.45, 2.75) is 19.4 Å². The van der Waals surface area contributed by atoms with Crippen LogP contribution in [0.15, 0.2) is 12.2 Å². The molecular formula is C10H14O3. The average Bonchev–Trinajstić information content (AvgIpc) is 2.52. The molecule has 1 heterocycles. The van der Waals surface area contributed by atoms with Crippen LogP contribution in [0.4, 0.5) is 0 Å². The van der Waals surface area contributed by atoms with Crippen molar-refractivity contribution in [3.63, 3.8) is 0 Å². The molecule has 0 aromatic rings. The number of hydrogen-bond acceptors (Lipinski definition) is 3. The number of hydrogen-bond donors (Lipinski definition) is 0. The molecule has 72 valence electrons. The second-order valence-electron chi connectivity index (χ2n) is 3.83. The fraction of sp³-hybridized carbons (Fsp3) is 0.700. The number of ether oxygens (including phenoxy) is 2. The van der Waals surface area contributed by atoms with Crippen molar-refractivity contribution in [3.8, 4) is 0 Å². The summed E-state index contributed by atoms with van der Waals surface area (Å²) in [5, 5.41) is 0. The fourth-order valence-electron chi connectivity index (χ4n) is 2.54. The molecule has 3 nitrogen and oxygen atoms in total. The van der Waals surface area contributed by atoms with Gasteiger partial charge >= 0.3 is 5.97 Å². The molecule has 0 radical (unpaired) electrons. The van der Waals surface area contributed by atoms with Gasteiger partial charge < -0.3 is 9.47 Å². The average molecular weight is 182 g/mol. The molecule has 1 saturated carbocycles. The monoisotopic (exact) mass is 182 g/mol. The summed E-state index contributed by atoms with van der Waals surface area (Å²) >= 11 is 0. The summed E-state index contributed by atoms with van der Waals surface area (Å²) in [6, 6.07) is 0. The Kier molecular flexibility index (Phi) is 1.74. The second-order valence-corrected chi connectivity index (χ2v) is 3.83. The molecule has 3 atom stereocenters. The lowest BCUT2D eigenvalue weighted by molar-refractivity contribution is -0.148. The highest BCUT2D eigenvalue weighted by molar-refractivity contribution is 5.86. The summed E-state index contributed by atoms with van der Waals surface area (Å²) in [7, 11) is 1.42. The molecule has 0 N–H and O–H groups in total. The zero-order chi connectivity index (χ0) is 9.64. The molecule has 2 aliphatic rings. The van der Waals surface area contributed by atoms with Crippen molar-refractivity contribution in [2.24, 2.45) is 11.3 Å². The van der Waals surface area contributed by atoms with E-state index in [1.54, 1.807) is 0 Å². The molecular weight excluding hydrogens is 168 g/mol. The Morgan fingerprint density at radius 3 is 2.77 bits per heavy atom. The largest absolute Gasteiger partial charge is 0.468 e. The van der Waals surface area contributed by atoms with Crippen LogP contribution in [0.5, 0.6) is 0 Å². The normalized spacial score (nSPS) is 41.1. The van der Waals surface area contributed by atoms with Gasteiger partial charge in [-0.15, -0.1) is 0 Å². The fourth-order valence-corrected chi connectivity index (χ4v) is 2.54. The van der Waals surface area contributed by atoms with Crippen molar-refractivity contribution in [1.82, 2.24) is 0 Å². The Hall–Kier alpha value is -0.830.